The predicted molar refractivity (Wildman–Crippen MR) is 61.8 cm³/mol. The first-order valence-electron chi connectivity index (χ1n) is 6.19. The van der Waals surface area contributed by atoms with E-state index < -0.39 is 0 Å². The molecule has 0 bridgehead atoms. The summed E-state index contributed by atoms with van der Waals surface area (Å²) >= 11 is 0. The largest absolute Gasteiger partial charge is 0.379 e. The van der Waals surface area contributed by atoms with Gasteiger partial charge in [0, 0.05) is 24.7 Å². The summed E-state index contributed by atoms with van der Waals surface area (Å²) in [5, 5.41) is 0. The number of nitrogens with zero attached hydrogens (tertiary/aromatic N) is 1. The van der Waals surface area contributed by atoms with E-state index in [4.69, 9.17) is 10.5 Å². The lowest BCUT2D eigenvalue weighted by molar-refractivity contribution is -0.0201. The van der Waals surface area contributed by atoms with Crippen molar-refractivity contribution in [3.63, 3.8) is 0 Å². The lowest BCUT2D eigenvalue weighted by Gasteiger charge is -2.44. The van der Waals surface area contributed by atoms with Crippen molar-refractivity contribution < 1.29 is 4.74 Å². The van der Waals surface area contributed by atoms with E-state index in [0.29, 0.717) is 6.04 Å². The number of nitrogens with two attached hydrogens (primary N) is 1. The second kappa shape index (κ2) is 4.40. The van der Waals surface area contributed by atoms with Gasteiger partial charge in [-0.15, -0.1) is 0 Å². The third kappa shape index (κ3) is 2.71. The number of hydrogen-bond donors (Lipinski definition) is 1. The van der Waals surface area contributed by atoms with E-state index in [1.165, 1.54) is 19.3 Å². The average Bonchev–Trinajstić information content (AvgIpc) is 3.03. The summed E-state index contributed by atoms with van der Waals surface area (Å²) in [4.78, 5) is 2.49. The van der Waals surface area contributed by atoms with Crippen molar-refractivity contribution in [2.75, 3.05) is 26.3 Å². The van der Waals surface area contributed by atoms with E-state index in [2.05, 4.69) is 18.7 Å². The molecule has 0 aromatic heterocycles. The molecule has 1 aliphatic carbocycles. The molecule has 0 aromatic carbocycles. The Morgan fingerprint density at radius 1 is 1.33 bits per heavy atom. The van der Waals surface area contributed by atoms with E-state index in [1.807, 2.05) is 0 Å². The molecule has 88 valence electrons. The SMILES string of the molecule is CC(C)(C(N)CC1CC1)N1CCOCC1. The molecule has 0 spiro atoms. The van der Waals surface area contributed by atoms with Gasteiger partial charge < -0.3 is 10.5 Å². The van der Waals surface area contributed by atoms with Crippen LogP contribution in [0.2, 0.25) is 0 Å². The third-order valence-corrected chi connectivity index (χ3v) is 4.02. The van der Waals surface area contributed by atoms with Crippen molar-refractivity contribution >= 4 is 0 Å². The molecule has 1 saturated heterocycles. The Labute approximate surface area is 93.0 Å². The lowest BCUT2D eigenvalue weighted by Crippen LogP contribution is -2.59. The smallest absolute Gasteiger partial charge is 0.0594 e. The summed E-state index contributed by atoms with van der Waals surface area (Å²) in [6.07, 6.45) is 3.99. The van der Waals surface area contributed by atoms with Crippen LogP contribution in [0.1, 0.15) is 33.1 Å². The van der Waals surface area contributed by atoms with Gasteiger partial charge in [-0.25, -0.2) is 0 Å². The fourth-order valence-electron chi connectivity index (χ4n) is 2.38. The summed E-state index contributed by atoms with van der Waals surface area (Å²) in [6, 6.07) is 0.308. The zero-order valence-corrected chi connectivity index (χ0v) is 10.0. The van der Waals surface area contributed by atoms with E-state index in [9.17, 15) is 0 Å². The molecule has 2 rings (SSSR count). The Bertz CT molecular complexity index is 208. The second-order valence-electron chi connectivity index (χ2n) is 5.54. The Hall–Kier alpha value is -0.120. The maximum Gasteiger partial charge on any atom is 0.0594 e. The van der Waals surface area contributed by atoms with Gasteiger partial charge in [0.1, 0.15) is 0 Å². The van der Waals surface area contributed by atoms with Crippen LogP contribution >= 0.6 is 0 Å². The van der Waals surface area contributed by atoms with Crippen molar-refractivity contribution in [3.8, 4) is 0 Å². The highest BCUT2D eigenvalue weighted by molar-refractivity contribution is 4.95. The molecule has 1 atom stereocenters. The van der Waals surface area contributed by atoms with Gasteiger partial charge in [-0.2, -0.15) is 0 Å². The molecule has 2 aliphatic rings. The standard InChI is InChI=1S/C12H24N2O/c1-12(2,11(13)9-10-3-4-10)14-5-7-15-8-6-14/h10-11H,3-9,13H2,1-2H3. The van der Waals surface area contributed by atoms with E-state index in [0.717, 1.165) is 32.2 Å². The van der Waals surface area contributed by atoms with Gasteiger partial charge in [0.2, 0.25) is 0 Å². The zero-order chi connectivity index (χ0) is 10.9. The van der Waals surface area contributed by atoms with Crippen molar-refractivity contribution in [1.82, 2.24) is 4.90 Å². The van der Waals surface area contributed by atoms with Crippen molar-refractivity contribution in [2.45, 2.75) is 44.7 Å². The van der Waals surface area contributed by atoms with Crippen LogP contribution in [0.15, 0.2) is 0 Å². The molecule has 0 amide bonds. The predicted octanol–water partition coefficient (Wildman–Crippen LogP) is 1.22. The highest BCUT2D eigenvalue weighted by Gasteiger charge is 2.37. The van der Waals surface area contributed by atoms with E-state index in [1.54, 1.807) is 0 Å². The van der Waals surface area contributed by atoms with Gasteiger partial charge >= 0.3 is 0 Å². The van der Waals surface area contributed by atoms with Crippen LogP contribution in [0.3, 0.4) is 0 Å². The third-order valence-electron chi connectivity index (χ3n) is 4.02. The Morgan fingerprint density at radius 2 is 1.93 bits per heavy atom. The molecular weight excluding hydrogens is 188 g/mol. The highest BCUT2D eigenvalue weighted by Crippen LogP contribution is 2.36. The van der Waals surface area contributed by atoms with Crippen LogP contribution in [0, 0.1) is 5.92 Å². The summed E-state index contributed by atoms with van der Waals surface area (Å²) < 4.78 is 5.39. The molecule has 3 heteroatoms. The van der Waals surface area contributed by atoms with Crippen LogP contribution < -0.4 is 5.73 Å². The molecular formula is C12H24N2O. The molecule has 1 aliphatic heterocycles. The summed E-state index contributed by atoms with van der Waals surface area (Å²) in [5.41, 5.74) is 6.47. The second-order valence-corrected chi connectivity index (χ2v) is 5.54. The minimum Gasteiger partial charge on any atom is -0.379 e. The van der Waals surface area contributed by atoms with Crippen molar-refractivity contribution in [3.05, 3.63) is 0 Å². The summed E-state index contributed by atoms with van der Waals surface area (Å²) in [7, 11) is 0. The highest BCUT2D eigenvalue weighted by atomic mass is 16.5. The number of morpholine rings is 1. The number of ether oxygens (including phenoxy) is 1. The molecule has 1 unspecified atom stereocenters. The monoisotopic (exact) mass is 212 g/mol. The number of rotatable bonds is 4. The van der Waals surface area contributed by atoms with Crippen LogP contribution in [0.5, 0.6) is 0 Å². The fourth-order valence-corrected chi connectivity index (χ4v) is 2.38. The lowest BCUT2D eigenvalue weighted by atomic mass is 9.89. The molecule has 0 radical (unpaired) electrons. The summed E-state index contributed by atoms with van der Waals surface area (Å²) in [6.45, 7) is 8.35. The van der Waals surface area contributed by atoms with Gasteiger partial charge in [0.15, 0.2) is 0 Å². The van der Waals surface area contributed by atoms with Crippen LogP contribution in [0.25, 0.3) is 0 Å². The quantitative estimate of drug-likeness (QED) is 0.761. The minimum absolute atomic E-state index is 0.131. The van der Waals surface area contributed by atoms with E-state index >= 15 is 0 Å². The van der Waals surface area contributed by atoms with Gasteiger partial charge in [-0.3, -0.25) is 4.90 Å². The first kappa shape index (κ1) is 11.4. The van der Waals surface area contributed by atoms with Gasteiger partial charge in [-0.1, -0.05) is 12.8 Å². The normalized spacial score (nSPS) is 26.6. The number of hydrogen-bond acceptors (Lipinski definition) is 3. The fraction of sp³-hybridized carbons (Fsp3) is 1.00. The molecule has 15 heavy (non-hydrogen) atoms. The van der Waals surface area contributed by atoms with Gasteiger partial charge in [0.05, 0.1) is 13.2 Å². The van der Waals surface area contributed by atoms with Crippen molar-refractivity contribution in [1.29, 1.82) is 0 Å². The maximum absolute atomic E-state index is 6.34. The van der Waals surface area contributed by atoms with Crippen LogP contribution in [0.4, 0.5) is 0 Å². The Balaban J connectivity index is 1.89. The molecule has 2 fully saturated rings. The first-order chi connectivity index (χ1) is 7.10. The van der Waals surface area contributed by atoms with E-state index in [-0.39, 0.29) is 5.54 Å². The molecule has 1 saturated carbocycles. The Kier molecular flexibility index (Phi) is 3.33. The topological polar surface area (TPSA) is 38.5 Å². The van der Waals surface area contributed by atoms with Crippen LogP contribution in [-0.4, -0.2) is 42.8 Å². The summed E-state index contributed by atoms with van der Waals surface area (Å²) in [5.74, 6) is 0.917. The van der Waals surface area contributed by atoms with Crippen LogP contribution in [-0.2, 0) is 4.74 Å². The first-order valence-corrected chi connectivity index (χ1v) is 6.19. The molecule has 0 aromatic rings. The zero-order valence-electron chi connectivity index (χ0n) is 10.0. The van der Waals surface area contributed by atoms with Crippen molar-refractivity contribution in [2.24, 2.45) is 11.7 Å². The average molecular weight is 212 g/mol. The molecule has 3 nitrogen and oxygen atoms in total. The maximum atomic E-state index is 6.34. The minimum atomic E-state index is 0.131. The molecule has 2 N–H and O–H groups in total. The van der Waals surface area contributed by atoms with Gasteiger partial charge in [0.25, 0.3) is 0 Å². The Morgan fingerprint density at radius 3 is 2.47 bits per heavy atom. The molecule has 1 heterocycles. The van der Waals surface area contributed by atoms with Gasteiger partial charge in [-0.05, 0) is 26.2 Å².